The van der Waals surface area contributed by atoms with Crippen LogP contribution in [0, 0.1) is 12.7 Å². The van der Waals surface area contributed by atoms with Crippen LogP contribution >= 0.6 is 0 Å². The predicted molar refractivity (Wildman–Crippen MR) is 75.2 cm³/mol. The van der Waals surface area contributed by atoms with E-state index in [0.29, 0.717) is 5.69 Å². The molecule has 2 rings (SSSR count). The molecule has 0 aliphatic carbocycles. The molecule has 1 atom stereocenters. The number of pyridine rings is 1. The summed E-state index contributed by atoms with van der Waals surface area (Å²) in [4.78, 5) is 23.9. The summed E-state index contributed by atoms with van der Waals surface area (Å²) in [6.07, 6.45) is 1.59. The average Bonchev–Trinajstić information content (AvgIpc) is 2.40. The molecule has 0 fully saturated rings. The molecule has 2 aromatic rings. The zero-order chi connectivity index (χ0) is 14.7. The molecule has 0 saturated carbocycles. The first-order valence-electron chi connectivity index (χ1n) is 6.22. The summed E-state index contributed by atoms with van der Waals surface area (Å²) in [7, 11) is 0. The summed E-state index contributed by atoms with van der Waals surface area (Å²) in [5.74, 6) is -0.701. The molecule has 1 N–H and O–H groups in total. The third kappa shape index (κ3) is 3.12. The molecule has 0 aliphatic rings. The maximum absolute atomic E-state index is 12.8. The summed E-state index contributed by atoms with van der Waals surface area (Å²) in [5.41, 5.74) is 1.10. The number of amides is 1. The standard InChI is InChI=1S/C15H15FN2O2/c1-10-7-8-18(14(19)9-10)11(2)15(20)17-13-5-3-12(16)4-6-13/h3-9,11H,1-2H3,(H,17,20). The third-order valence-corrected chi connectivity index (χ3v) is 3.01. The molecule has 1 amide bonds. The van der Waals surface area contributed by atoms with Crippen LogP contribution in [0.4, 0.5) is 10.1 Å². The van der Waals surface area contributed by atoms with Crippen LogP contribution in [0.5, 0.6) is 0 Å². The van der Waals surface area contributed by atoms with Crippen LogP contribution in [0.1, 0.15) is 18.5 Å². The number of carbonyl (C=O) groups excluding carboxylic acids is 1. The molecule has 20 heavy (non-hydrogen) atoms. The number of aromatic nitrogens is 1. The minimum Gasteiger partial charge on any atom is -0.324 e. The van der Waals surface area contributed by atoms with Crippen LogP contribution in [0.3, 0.4) is 0 Å². The second-order valence-electron chi connectivity index (χ2n) is 4.62. The maximum atomic E-state index is 12.8. The lowest BCUT2D eigenvalue weighted by Crippen LogP contribution is -2.31. The largest absolute Gasteiger partial charge is 0.324 e. The number of halogens is 1. The van der Waals surface area contributed by atoms with E-state index in [1.54, 1.807) is 19.2 Å². The molecule has 1 heterocycles. The van der Waals surface area contributed by atoms with Gasteiger partial charge in [0, 0.05) is 18.0 Å². The molecule has 104 valence electrons. The van der Waals surface area contributed by atoms with Crippen molar-refractivity contribution >= 4 is 11.6 Å². The summed E-state index contributed by atoms with van der Waals surface area (Å²) >= 11 is 0. The Labute approximate surface area is 115 Å². The van der Waals surface area contributed by atoms with Crippen LogP contribution in [-0.4, -0.2) is 10.5 Å². The van der Waals surface area contributed by atoms with Gasteiger partial charge in [-0.15, -0.1) is 0 Å². The van der Waals surface area contributed by atoms with E-state index < -0.39 is 6.04 Å². The second kappa shape index (κ2) is 5.69. The number of hydrogen-bond donors (Lipinski definition) is 1. The van der Waals surface area contributed by atoms with Gasteiger partial charge in [-0.2, -0.15) is 0 Å². The Bertz CT molecular complexity index is 677. The van der Waals surface area contributed by atoms with Crippen LogP contribution in [0.2, 0.25) is 0 Å². The Morgan fingerprint density at radius 2 is 1.90 bits per heavy atom. The minimum atomic E-state index is -0.645. The molecular formula is C15H15FN2O2. The fraction of sp³-hybridized carbons (Fsp3) is 0.200. The number of aryl methyl sites for hydroxylation is 1. The SMILES string of the molecule is Cc1ccn(C(C)C(=O)Nc2ccc(F)cc2)c(=O)c1. The van der Waals surface area contributed by atoms with Gasteiger partial charge in [-0.3, -0.25) is 9.59 Å². The topological polar surface area (TPSA) is 51.1 Å². The number of rotatable bonds is 3. The van der Waals surface area contributed by atoms with Gasteiger partial charge >= 0.3 is 0 Å². The van der Waals surface area contributed by atoms with E-state index in [1.807, 2.05) is 6.92 Å². The van der Waals surface area contributed by atoms with Gasteiger partial charge in [0.15, 0.2) is 0 Å². The lowest BCUT2D eigenvalue weighted by molar-refractivity contribution is -0.118. The highest BCUT2D eigenvalue weighted by Gasteiger charge is 2.15. The number of hydrogen-bond acceptors (Lipinski definition) is 2. The second-order valence-corrected chi connectivity index (χ2v) is 4.62. The van der Waals surface area contributed by atoms with E-state index in [2.05, 4.69) is 5.32 Å². The quantitative estimate of drug-likeness (QED) is 0.935. The van der Waals surface area contributed by atoms with Gasteiger partial charge in [0.05, 0.1) is 0 Å². The molecule has 0 saturated heterocycles. The molecule has 0 bridgehead atoms. The highest BCUT2D eigenvalue weighted by molar-refractivity contribution is 5.93. The smallest absolute Gasteiger partial charge is 0.251 e. The van der Waals surface area contributed by atoms with Crippen molar-refractivity contribution in [2.45, 2.75) is 19.9 Å². The molecule has 0 aliphatic heterocycles. The molecule has 5 heteroatoms. The highest BCUT2D eigenvalue weighted by Crippen LogP contribution is 2.11. The van der Waals surface area contributed by atoms with Crippen LogP contribution < -0.4 is 10.9 Å². The van der Waals surface area contributed by atoms with Gasteiger partial charge in [-0.05, 0) is 49.7 Å². The molecular weight excluding hydrogens is 259 g/mol. The summed E-state index contributed by atoms with van der Waals surface area (Å²) < 4.78 is 14.1. The summed E-state index contributed by atoms with van der Waals surface area (Å²) in [6, 6.07) is 8.06. The van der Waals surface area contributed by atoms with Crippen molar-refractivity contribution in [2.75, 3.05) is 5.32 Å². The minimum absolute atomic E-state index is 0.230. The van der Waals surface area contributed by atoms with Gasteiger partial charge < -0.3 is 9.88 Å². The van der Waals surface area contributed by atoms with E-state index in [9.17, 15) is 14.0 Å². The van der Waals surface area contributed by atoms with E-state index in [0.717, 1.165) is 5.56 Å². The van der Waals surface area contributed by atoms with Crippen molar-refractivity contribution in [1.82, 2.24) is 4.57 Å². The molecule has 1 aromatic carbocycles. The molecule has 0 radical (unpaired) electrons. The third-order valence-electron chi connectivity index (χ3n) is 3.01. The first-order chi connectivity index (χ1) is 9.47. The van der Waals surface area contributed by atoms with E-state index in [1.165, 1.54) is 34.9 Å². The van der Waals surface area contributed by atoms with E-state index >= 15 is 0 Å². The number of nitrogens with one attached hydrogen (secondary N) is 1. The van der Waals surface area contributed by atoms with Crippen molar-refractivity contribution in [1.29, 1.82) is 0 Å². The van der Waals surface area contributed by atoms with E-state index in [4.69, 9.17) is 0 Å². The molecule has 1 unspecified atom stereocenters. The summed E-state index contributed by atoms with van der Waals surface area (Å²) in [6.45, 7) is 3.45. The lowest BCUT2D eigenvalue weighted by atomic mass is 10.2. The fourth-order valence-electron chi connectivity index (χ4n) is 1.81. The number of carbonyl (C=O) groups is 1. The monoisotopic (exact) mass is 274 g/mol. The van der Waals surface area contributed by atoms with Crippen molar-refractivity contribution in [3.63, 3.8) is 0 Å². The zero-order valence-corrected chi connectivity index (χ0v) is 11.3. The van der Waals surface area contributed by atoms with E-state index in [-0.39, 0.29) is 17.3 Å². The Morgan fingerprint density at radius 3 is 2.50 bits per heavy atom. The predicted octanol–water partition coefficient (Wildman–Crippen LogP) is 2.50. The van der Waals surface area contributed by atoms with Crippen molar-refractivity contribution in [2.24, 2.45) is 0 Å². The first kappa shape index (κ1) is 14.0. The molecule has 4 nitrogen and oxygen atoms in total. The fourth-order valence-corrected chi connectivity index (χ4v) is 1.81. The van der Waals surface area contributed by atoms with Gasteiger partial charge in [-0.1, -0.05) is 0 Å². The van der Waals surface area contributed by atoms with Crippen molar-refractivity contribution in [3.8, 4) is 0 Å². The van der Waals surface area contributed by atoms with Crippen molar-refractivity contribution < 1.29 is 9.18 Å². The Kier molecular flexibility index (Phi) is 3.98. The maximum Gasteiger partial charge on any atom is 0.251 e. The zero-order valence-electron chi connectivity index (χ0n) is 11.3. The highest BCUT2D eigenvalue weighted by atomic mass is 19.1. The van der Waals surface area contributed by atoms with Crippen LogP contribution in [0.15, 0.2) is 47.4 Å². The Hall–Kier alpha value is -2.43. The average molecular weight is 274 g/mol. The first-order valence-corrected chi connectivity index (χ1v) is 6.22. The van der Waals surface area contributed by atoms with Gasteiger partial charge in [0.2, 0.25) is 5.91 Å². The Balaban J connectivity index is 2.16. The number of anilines is 1. The van der Waals surface area contributed by atoms with Crippen LogP contribution in [0.25, 0.3) is 0 Å². The molecule has 1 aromatic heterocycles. The lowest BCUT2D eigenvalue weighted by Gasteiger charge is -2.15. The normalized spacial score (nSPS) is 11.9. The molecule has 0 spiro atoms. The van der Waals surface area contributed by atoms with Crippen LogP contribution in [-0.2, 0) is 4.79 Å². The number of benzene rings is 1. The number of nitrogens with zero attached hydrogens (tertiary/aromatic N) is 1. The van der Waals surface area contributed by atoms with Crippen molar-refractivity contribution in [3.05, 3.63) is 64.3 Å². The summed E-state index contributed by atoms with van der Waals surface area (Å²) in [5, 5.41) is 2.64. The van der Waals surface area contributed by atoms with Gasteiger partial charge in [0.1, 0.15) is 11.9 Å². The van der Waals surface area contributed by atoms with Gasteiger partial charge in [0.25, 0.3) is 5.56 Å². The Morgan fingerprint density at radius 1 is 1.25 bits per heavy atom. The van der Waals surface area contributed by atoms with Gasteiger partial charge in [-0.25, -0.2) is 4.39 Å².